The third-order valence-electron chi connectivity index (χ3n) is 2.97. The fourth-order valence-corrected chi connectivity index (χ4v) is 2.78. The second-order valence-electron chi connectivity index (χ2n) is 4.22. The number of hydrogen-bond acceptors (Lipinski definition) is 5. The van der Waals surface area contributed by atoms with Gasteiger partial charge in [0.05, 0.1) is 13.5 Å². The topological polar surface area (TPSA) is 107 Å². The number of nitrogens with two attached hydrogens (primary N) is 1. The Hall–Kier alpha value is -1.12. The van der Waals surface area contributed by atoms with Gasteiger partial charge in [-0.15, -0.1) is 0 Å². The molecule has 0 fully saturated rings. The van der Waals surface area contributed by atoms with Gasteiger partial charge in [-0.3, -0.25) is 9.35 Å². The Bertz CT molecular complexity index is 788. The second-order valence-corrected chi connectivity index (χ2v) is 5.61. The van der Waals surface area contributed by atoms with Crippen molar-refractivity contribution in [2.75, 3.05) is 12.8 Å². The summed E-state index contributed by atoms with van der Waals surface area (Å²) >= 11 is 0. The summed E-state index contributed by atoms with van der Waals surface area (Å²) in [6.45, 7) is 0. The van der Waals surface area contributed by atoms with E-state index in [-0.39, 0.29) is 51.9 Å². The number of nitrogen functional groups attached to an aromatic ring is 1. The van der Waals surface area contributed by atoms with E-state index >= 15 is 0 Å². The van der Waals surface area contributed by atoms with Crippen LogP contribution in [0.1, 0.15) is 5.56 Å². The van der Waals surface area contributed by atoms with Crippen molar-refractivity contribution in [1.29, 1.82) is 0 Å². The molecule has 8 heteroatoms. The van der Waals surface area contributed by atoms with E-state index in [9.17, 15) is 17.8 Å². The molecule has 0 atom stereocenters. The van der Waals surface area contributed by atoms with Crippen molar-refractivity contribution in [3.63, 3.8) is 0 Å². The smallest absolute Gasteiger partial charge is 0.309 e. The number of fused-ring (bicyclic) bond motifs is 1. The van der Waals surface area contributed by atoms with Gasteiger partial charge in [0.1, 0.15) is 4.90 Å². The minimum atomic E-state index is -4.40. The van der Waals surface area contributed by atoms with Gasteiger partial charge in [0.15, 0.2) is 0 Å². The second kappa shape index (κ2) is 6.76. The molecule has 0 heterocycles. The number of ether oxygens (including phenoxy) is 1. The van der Waals surface area contributed by atoms with E-state index in [4.69, 9.17) is 5.73 Å². The predicted octanol–water partition coefficient (Wildman–Crippen LogP) is 1.00. The molecule has 0 bridgehead atoms. The summed E-state index contributed by atoms with van der Waals surface area (Å²) < 4.78 is 36.6. The van der Waals surface area contributed by atoms with E-state index in [2.05, 4.69) is 4.74 Å². The number of hydrogen-bond donors (Lipinski definition) is 2. The predicted molar refractivity (Wildman–Crippen MR) is 79.6 cm³/mol. The van der Waals surface area contributed by atoms with Crippen LogP contribution < -0.4 is 5.73 Å². The maximum absolute atomic E-state index is 11.4. The number of carbonyl (C=O) groups excluding carboxylic acids is 1. The van der Waals surface area contributed by atoms with Crippen LogP contribution in [0.3, 0.4) is 0 Å². The monoisotopic (exact) mass is 318 g/mol. The molecule has 2 aromatic rings. The van der Waals surface area contributed by atoms with E-state index in [1.807, 2.05) is 0 Å². The molecule has 1 radical (unpaired) electrons. The number of carbonyl (C=O) groups is 1. The minimum Gasteiger partial charge on any atom is -0.469 e. The molecule has 2 rings (SSSR count). The van der Waals surface area contributed by atoms with Crippen LogP contribution in [0, 0.1) is 0 Å². The Morgan fingerprint density at radius 2 is 1.95 bits per heavy atom. The molecule has 0 aliphatic rings. The Balaban J connectivity index is 0.00000220. The number of methoxy groups -OCH3 is 1. The largest absolute Gasteiger partial charge is 0.469 e. The molecule has 2 aromatic carbocycles. The summed E-state index contributed by atoms with van der Waals surface area (Å²) in [6.07, 6.45) is -0.0117. The first-order valence-corrected chi connectivity index (χ1v) is 7.13. The van der Waals surface area contributed by atoms with Gasteiger partial charge in [0.25, 0.3) is 10.1 Å². The SMILES string of the molecule is COC(=O)Cc1ccc(S(=O)(=O)O)c2c(N)cccc12.[Na]. The normalized spacial score (nSPS) is 11.0. The zero-order valence-electron chi connectivity index (χ0n) is 11.7. The standard InChI is InChI=1S/C13H13NO5S.Na/c1-19-12(15)7-8-5-6-11(20(16,17)18)13-9(8)3-2-4-10(13)14;/h2-6H,7,14H2,1H3,(H,16,17,18);. The molecule has 0 aliphatic heterocycles. The number of anilines is 1. The first-order valence-electron chi connectivity index (χ1n) is 5.69. The fourth-order valence-electron chi connectivity index (χ4n) is 2.06. The van der Waals surface area contributed by atoms with Crippen molar-refractivity contribution in [3.8, 4) is 0 Å². The molecule has 6 nitrogen and oxygen atoms in total. The molecular weight excluding hydrogens is 305 g/mol. The van der Waals surface area contributed by atoms with Crippen LogP contribution in [0.15, 0.2) is 35.2 Å². The first-order chi connectivity index (χ1) is 9.34. The van der Waals surface area contributed by atoms with Gasteiger partial charge in [-0.2, -0.15) is 8.42 Å². The van der Waals surface area contributed by atoms with Crippen molar-refractivity contribution in [2.24, 2.45) is 0 Å². The molecule has 0 unspecified atom stereocenters. The summed E-state index contributed by atoms with van der Waals surface area (Å²) in [6, 6.07) is 7.50. The van der Waals surface area contributed by atoms with Crippen LogP contribution in [0.5, 0.6) is 0 Å². The zero-order chi connectivity index (χ0) is 14.9. The Kier molecular flexibility index (Phi) is 5.77. The van der Waals surface area contributed by atoms with Gasteiger partial charge in [-0.05, 0) is 23.1 Å². The van der Waals surface area contributed by atoms with Crippen LogP contribution in [0.4, 0.5) is 5.69 Å². The first kappa shape index (κ1) is 17.9. The van der Waals surface area contributed by atoms with Crippen LogP contribution >= 0.6 is 0 Å². The van der Waals surface area contributed by atoms with E-state index in [0.29, 0.717) is 10.9 Å². The van der Waals surface area contributed by atoms with Crippen molar-refractivity contribution in [2.45, 2.75) is 11.3 Å². The maximum atomic E-state index is 11.4. The van der Waals surface area contributed by atoms with Crippen molar-refractivity contribution in [1.82, 2.24) is 0 Å². The average Bonchev–Trinajstić information content (AvgIpc) is 2.38. The third-order valence-corrected chi connectivity index (χ3v) is 3.86. The number of esters is 1. The van der Waals surface area contributed by atoms with Crippen molar-refractivity contribution >= 4 is 62.1 Å². The Morgan fingerprint density at radius 3 is 2.52 bits per heavy atom. The number of rotatable bonds is 3. The van der Waals surface area contributed by atoms with Gasteiger partial charge in [-0.1, -0.05) is 18.2 Å². The molecule has 0 aliphatic carbocycles. The molecule has 0 aromatic heterocycles. The van der Waals surface area contributed by atoms with Gasteiger partial charge < -0.3 is 10.5 Å². The van der Waals surface area contributed by atoms with Crippen LogP contribution in [0.2, 0.25) is 0 Å². The van der Waals surface area contributed by atoms with Gasteiger partial charge in [-0.25, -0.2) is 0 Å². The molecule has 0 saturated carbocycles. The maximum Gasteiger partial charge on any atom is 0.309 e. The van der Waals surface area contributed by atoms with Crippen molar-refractivity contribution in [3.05, 3.63) is 35.9 Å². The molecule has 107 valence electrons. The van der Waals surface area contributed by atoms with Crippen LogP contribution in [-0.2, 0) is 26.1 Å². The molecular formula is C13H13NNaO5S. The van der Waals surface area contributed by atoms with Crippen LogP contribution in [-0.4, -0.2) is 55.6 Å². The fraction of sp³-hybridized carbons (Fsp3) is 0.154. The van der Waals surface area contributed by atoms with E-state index in [1.165, 1.54) is 25.3 Å². The molecule has 0 spiro atoms. The number of benzene rings is 2. The third kappa shape index (κ3) is 3.75. The Labute approximate surface area is 144 Å². The Morgan fingerprint density at radius 1 is 1.29 bits per heavy atom. The average molecular weight is 318 g/mol. The zero-order valence-corrected chi connectivity index (χ0v) is 14.5. The van der Waals surface area contributed by atoms with Gasteiger partial charge >= 0.3 is 5.97 Å². The molecule has 0 saturated heterocycles. The van der Waals surface area contributed by atoms with E-state index < -0.39 is 16.1 Å². The summed E-state index contributed by atoms with van der Waals surface area (Å²) in [5.41, 5.74) is 6.58. The molecule has 3 N–H and O–H groups in total. The molecule has 21 heavy (non-hydrogen) atoms. The van der Waals surface area contributed by atoms with Crippen LogP contribution in [0.25, 0.3) is 10.8 Å². The summed E-state index contributed by atoms with van der Waals surface area (Å²) in [5, 5.41) is 0.696. The van der Waals surface area contributed by atoms with E-state index in [1.54, 1.807) is 12.1 Å². The summed E-state index contributed by atoms with van der Waals surface area (Å²) in [4.78, 5) is 11.1. The van der Waals surface area contributed by atoms with Crippen molar-refractivity contribution < 1.29 is 22.5 Å². The summed E-state index contributed by atoms with van der Waals surface area (Å²) in [7, 11) is -3.13. The van der Waals surface area contributed by atoms with Gasteiger partial charge in [0.2, 0.25) is 0 Å². The molecule has 0 amide bonds. The summed E-state index contributed by atoms with van der Waals surface area (Å²) in [5.74, 6) is -0.451. The van der Waals surface area contributed by atoms with Gasteiger partial charge in [0, 0.05) is 40.6 Å². The quantitative estimate of drug-likeness (QED) is 0.378. The minimum absolute atomic E-state index is 0. The van der Waals surface area contributed by atoms with E-state index in [0.717, 1.165) is 0 Å².